The number of aryl methyl sites for hydroxylation is 2. The maximum absolute atomic E-state index is 9.49. The number of anilines is 1. The molecule has 1 saturated heterocycles. The molecule has 0 bridgehead atoms. The van der Waals surface area contributed by atoms with E-state index in [0.717, 1.165) is 68.8 Å². The number of aliphatic hydroxyl groups is 1. The predicted molar refractivity (Wildman–Crippen MR) is 130 cm³/mol. The third-order valence-corrected chi connectivity index (χ3v) is 7.26. The first-order valence-electron chi connectivity index (χ1n) is 10.5. The van der Waals surface area contributed by atoms with E-state index in [-0.39, 0.29) is 6.61 Å². The van der Waals surface area contributed by atoms with Gasteiger partial charge < -0.3 is 10.0 Å². The smallest absolute Gasteiger partial charge is 0.150 e. The van der Waals surface area contributed by atoms with E-state index in [4.69, 9.17) is 9.97 Å². The lowest BCUT2D eigenvalue weighted by molar-refractivity contribution is 0.203. The van der Waals surface area contributed by atoms with Gasteiger partial charge >= 0.3 is 0 Å². The second-order valence-electron chi connectivity index (χ2n) is 8.58. The molecule has 3 heterocycles. The molecular formula is C23H28Br2N4O. The number of halogens is 2. The summed E-state index contributed by atoms with van der Waals surface area (Å²) < 4.78 is 4.25. The molecule has 7 heteroatoms. The molecule has 1 aromatic carbocycles. The summed E-state index contributed by atoms with van der Waals surface area (Å²) in [7, 11) is 0. The van der Waals surface area contributed by atoms with Gasteiger partial charge in [-0.2, -0.15) is 0 Å². The zero-order valence-corrected chi connectivity index (χ0v) is 21.1. The average molecular weight is 536 g/mol. The lowest BCUT2D eigenvalue weighted by atomic mass is 9.98. The highest BCUT2D eigenvalue weighted by Gasteiger charge is 2.25. The monoisotopic (exact) mass is 534 g/mol. The van der Waals surface area contributed by atoms with Crippen molar-refractivity contribution in [2.45, 2.75) is 46.5 Å². The fraction of sp³-hybridized carbons (Fsp3) is 0.478. The van der Waals surface area contributed by atoms with Crippen molar-refractivity contribution in [3.63, 3.8) is 0 Å². The summed E-state index contributed by atoms with van der Waals surface area (Å²) >= 11 is 7.60. The van der Waals surface area contributed by atoms with Crippen LogP contribution in [0.1, 0.15) is 49.6 Å². The van der Waals surface area contributed by atoms with E-state index in [1.54, 1.807) is 0 Å². The van der Waals surface area contributed by atoms with Crippen LogP contribution in [0.2, 0.25) is 0 Å². The van der Waals surface area contributed by atoms with Gasteiger partial charge in [0.2, 0.25) is 0 Å². The number of benzene rings is 1. The Labute approximate surface area is 194 Å². The van der Waals surface area contributed by atoms with Crippen molar-refractivity contribution in [1.82, 2.24) is 14.5 Å². The van der Waals surface area contributed by atoms with Crippen molar-refractivity contribution in [1.29, 1.82) is 0 Å². The van der Waals surface area contributed by atoms with Crippen LogP contribution in [0.4, 0.5) is 5.82 Å². The minimum atomic E-state index is 0.274. The van der Waals surface area contributed by atoms with Gasteiger partial charge in [0.05, 0.1) is 11.1 Å². The molecule has 30 heavy (non-hydrogen) atoms. The van der Waals surface area contributed by atoms with Crippen LogP contribution in [0.5, 0.6) is 0 Å². The molecule has 3 aromatic rings. The van der Waals surface area contributed by atoms with Crippen molar-refractivity contribution < 1.29 is 5.11 Å². The van der Waals surface area contributed by atoms with Gasteiger partial charge in [0.25, 0.3) is 0 Å². The standard InChI is InChI=1S/C23H28Br2N4O/c1-13(2)17-9-18(24)21(19(25)10-17)29-11-14(3)20-22(26-15(4)27-23(20)29)28-7-5-16(12-30)6-8-28/h9-11,13,16,30H,5-8,12H2,1-4H3. The van der Waals surface area contributed by atoms with Crippen molar-refractivity contribution in [3.8, 4) is 5.69 Å². The average Bonchev–Trinajstić information content (AvgIpc) is 3.02. The summed E-state index contributed by atoms with van der Waals surface area (Å²) in [5, 5.41) is 10.6. The van der Waals surface area contributed by atoms with Crippen LogP contribution < -0.4 is 4.90 Å². The highest BCUT2D eigenvalue weighted by atomic mass is 79.9. The third-order valence-electron chi connectivity index (χ3n) is 6.05. The number of hydrogen-bond donors (Lipinski definition) is 1. The molecule has 160 valence electrons. The van der Waals surface area contributed by atoms with Gasteiger partial charge in [0, 0.05) is 34.8 Å². The van der Waals surface area contributed by atoms with Crippen LogP contribution in [-0.2, 0) is 0 Å². The van der Waals surface area contributed by atoms with Crippen LogP contribution >= 0.6 is 31.9 Å². The zero-order valence-electron chi connectivity index (χ0n) is 17.9. The van der Waals surface area contributed by atoms with Gasteiger partial charge in [-0.15, -0.1) is 0 Å². The lowest BCUT2D eigenvalue weighted by Crippen LogP contribution is -2.35. The number of hydrogen-bond acceptors (Lipinski definition) is 4. The molecule has 1 aliphatic heterocycles. The molecule has 5 nitrogen and oxygen atoms in total. The Balaban J connectivity index is 1.86. The Bertz CT molecular complexity index is 1060. The van der Waals surface area contributed by atoms with Gasteiger partial charge in [0.15, 0.2) is 5.65 Å². The van der Waals surface area contributed by atoms with E-state index in [1.165, 1.54) is 5.56 Å². The highest BCUT2D eigenvalue weighted by molar-refractivity contribution is 9.11. The summed E-state index contributed by atoms with van der Waals surface area (Å²) in [5.74, 6) is 2.63. The topological polar surface area (TPSA) is 54.2 Å². The second-order valence-corrected chi connectivity index (χ2v) is 10.3. The summed E-state index contributed by atoms with van der Waals surface area (Å²) in [5.41, 5.74) is 4.43. The molecule has 0 atom stereocenters. The Kier molecular flexibility index (Phi) is 6.24. The molecule has 1 fully saturated rings. The largest absolute Gasteiger partial charge is 0.396 e. The minimum absolute atomic E-state index is 0.274. The molecule has 4 rings (SSSR count). The molecule has 0 aliphatic carbocycles. The molecular weight excluding hydrogens is 508 g/mol. The van der Waals surface area contributed by atoms with Gasteiger partial charge in [0.1, 0.15) is 11.6 Å². The van der Waals surface area contributed by atoms with Gasteiger partial charge in [-0.05, 0) is 93.6 Å². The van der Waals surface area contributed by atoms with Crippen LogP contribution in [0.3, 0.4) is 0 Å². The number of aromatic nitrogens is 3. The molecule has 0 saturated carbocycles. The second kappa shape index (κ2) is 8.60. The summed E-state index contributed by atoms with van der Waals surface area (Å²) in [6.07, 6.45) is 4.14. The van der Waals surface area contributed by atoms with Crippen molar-refractivity contribution >= 4 is 48.7 Å². The van der Waals surface area contributed by atoms with E-state index in [0.29, 0.717) is 11.8 Å². The predicted octanol–water partition coefficient (Wildman–Crippen LogP) is 5.89. The lowest BCUT2D eigenvalue weighted by Gasteiger charge is -2.32. The van der Waals surface area contributed by atoms with Crippen LogP contribution in [-0.4, -0.2) is 39.3 Å². The number of nitrogens with zero attached hydrogens (tertiary/aromatic N) is 4. The highest BCUT2D eigenvalue weighted by Crippen LogP contribution is 2.38. The van der Waals surface area contributed by atoms with E-state index in [1.807, 2.05) is 6.92 Å². The fourth-order valence-corrected chi connectivity index (χ4v) is 5.87. The normalized spacial score (nSPS) is 15.5. The molecule has 0 radical (unpaired) electrons. The van der Waals surface area contributed by atoms with Crippen molar-refractivity contribution in [3.05, 3.63) is 44.2 Å². The number of aliphatic hydroxyl groups excluding tert-OH is 1. The van der Waals surface area contributed by atoms with E-state index < -0.39 is 0 Å². The molecule has 0 amide bonds. The molecule has 0 spiro atoms. The van der Waals surface area contributed by atoms with Crippen LogP contribution in [0.15, 0.2) is 27.3 Å². The number of rotatable bonds is 4. The number of fused-ring (bicyclic) bond motifs is 1. The minimum Gasteiger partial charge on any atom is -0.396 e. The summed E-state index contributed by atoms with van der Waals surface area (Å²) in [6.45, 7) is 10.6. The molecule has 2 aromatic heterocycles. The number of piperidine rings is 1. The molecule has 1 N–H and O–H groups in total. The van der Waals surface area contributed by atoms with Crippen LogP contribution in [0, 0.1) is 19.8 Å². The first kappa shape index (κ1) is 21.8. The van der Waals surface area contributed by atoms with Gasteiger partial charge in [-0.1, -0.05) is 13.8 Å². The van der Waals surface area contributed by atoms with E-state index in [2.05, 4.69) is 80.4 Å². The summed E-state index contributed by atoms with van der Waals surface area (Å²) in [6, 6.07) is 4.39. The quantitative estimate of drug-likeness (QED) is 0.452. The SMILES string of the molecule is Cc1nc(N2CCC(CO)CC2)c2c(C)cn(-c3c(Br)cc(C(C)C)cc3Br)c2n1. The maximum Gasteiger partial charge on any atom is 0.150 e. The van der Waals surface area contributed by atoms with E-state index >= 15 is 0 Å². The van der Waals surface area contributed by atoms with Crippen LogP contribution in [0.25, 0.3) is 16.7 Å². The zero-order chi connectivity index (χ0) is 21.6. The Morgan fingerprint density at radius 2 is 1.73 bits per heavy atom. The van der Waals surface area contributed by atoms with Gasteiger partial charge in [-0.3, -0.25) is 4.57 Å². The molecule has 1 aliphatic rings. The summed E-state index contributed by atoms with van der Waals surface area (Å²) in [4.78, 5) is 12.0. The Hall–Kier alpha value is -1.44. The maximum atomic E-state index is 9.49. The molecule has 0 unspecified atom stereocenters. The third kappa shape index (κ3) is 3.92. The van der Waals surface area contributed by atoms with Gasteiger partial charge in [-0.25, -0.2) is 9.97 Å². The Morgan fingerprint density at radius 3 is 2.30 bits per heavy atom. The van der Waals surface area contributed by atoms with E-state index in [9.17, 15) is 5.11 Å². The first-order valence-corrected chi connectivity index (χ1v) is 12.1. The van der Waals surface area contributed by atoms with Crippen molar-refractivity contribution in [2.75, 3.05) is 24.6 Å². The fourth-order valence-electron chi connectivity index (χ4n) is 4.26. The first-order chi connectivity index (χ1) is 14.3. The van der Waals surface area contributed by atoms with Crippen molar-refractivity contribution in [2.24, 2.45) is 5.92 Å². The Morgan fingerprint density at radius 1 is 1.10 bits per heavy atom.